The highest BCUT2D eigenvalue weighted by Crippen LogP contribution is 2.25. The lowest BCUT2D eigenvalue weighted by molar-refractivity contribution is 0.260. The maximum absolute atomic E-state index is 9.11. The maximum Gasteiger partial charge on any atom is 0.224 e. The predicted molar refractivity (Wildman–Crippen MR) is 78.5 cm³/mol. The number of nitrogens with one attached hydrogen (secondary N) is 2. The van der Waals surface area contributed by atoms with Crippen LogP contribution in [0.4, 0.5) is 11.8 Å². The highest BCUT2D eigenvalue weighted by atomic mass is 16.3. The first-order chi connectivity index (χ1) is 9.05. The fourth-order valence-corrected chi connectivity index (χ4v) is 1.95. The van der Waals surface area contributed by atoms with Crippen LogP contribution in [-0.2, 0) is 0 Å². The van der Waals surface area contributed by atoms with Crippen molar-refractivity contribution < 1.29 is 5.11 Å². The number of fused-ring (bicyclic) bond motifs is 1. The van der Waals surface area contributed by atoms with Gasteiger partial charge in [-0.05, 0) is 32.4 Å². The van der Waals surface area contributed by atoms with Gasteiger partial charge in [-0.15, -0.1) is 0 Å². The monoisotopic (exact) mass is 260 g/mol. The zero-order chi connectivity index (χ0) is 13.9. The number of aliphatic hydroxyl groups is 1. The summed E-state index contributed by atoms with van der Waals surface area (Å²) in [5, 5.41) is 16.4. The molecule has 0 atom stereocenters. The Morgan fingerprint density at radius 2 is 1.95 bits per heavy atom. The van der Waals surface area contributed by atoms with Crippen molar-refractivity contribution in [3.8, 4) is 0 Å². The molecule has 5 heteroatoms. The van der Waals surface area contributed by atoms with Crippen LogP contribution in [0.15, 0.2) is 24.3 Å². The molecule has 0 saturated carbocycles. The second-order valence-corrected chi connectivity index (χ2v) is 5.15. The molecule has 0 saturated heterocycles. The lowest BCUT2D eigenvalue weighted by atomic mass is 10.0. The molecule has 3 N–H and O–H groups in total. The number of hydrogen-bond donors (Lipinski definition) is 3. The molecule has 1 aromatic heterocycles. The molecule has 0 bridgehead atoms. The van der Waals surface area contributed by atoms with Crippen LogP contribution in [0.5, 0.6) is 0 Å². The van der Waals surface area contributed by atoms with Crippen LogP contribution in [0.3, 0.4) is 0 Å². The van der Waals surface area contributed by atoms with E-state index in [2.05, 4.69) is 20.6 Å². The van der Waals surface area contributed by atoms with Crippen LogP contribution >= 0.6 is 0 Å². The molecule has 2 rings (SSSR count). The average Bonchev–Trinajstić information content (AvgIpc) is 2.38. The Balaban J connectivity index is 2.46. The van der Waals surface area contributed by atoms with Gasteiger partial charge >= 0.3 is 0 Å². The van der Waals surface area contributed by atoms with Crippen LogP contribution in [0.2, 0.25) is 0 Å². The van der Waals surface area contributed by atoms with Gasteiger partial charge in [-0.2, -0.15) is 4.98 Å². The first kappa shape index (κ1) is 13.5. The summed E-state index contributed by atoms with van der Waals surface area (Å²) in [6.07, 6.45) is 0.653. The normalized spacial score (nSPS) is 11.6. The highest BCUT2D eigenvalue weighted by Gasteiger charge is 2.19. The van der Waals surface area contributed by atoms with E-state index < -0.39 is 0 Å². The standard InChI is InChI=1S/C14H20N4O/c1-14(2,8-9-19)18-12-10-6-4-5-7-11(10)16-13(15-3)17-12/h4-7,19H,8-9H2,1-3H3,(H2,15,16,17,18). The minimum absolute atomic E-state index is 0.141. The van der Waals surface area contributed by atoms with Crippen molar-refractivity contribution in [1.82, 2.24) is 9.97 Å². The number of nitrogens with zero attached hydrogens (tertiary/aromatic N) is 2. The van der Waals surface area contributed by atoms with E-state index in [4.69, 9.17) is 5.11 Å². The van der Waals surface area contributed by atoms with Crippen molar-refractivity contribution in [2.24, 2.45) is 0 Å². The Bertz CT molecular complexity index is 568. The third-order valence-corrected chi connectivity index (χ3v) is 3.02. The second-order valence-electron chi connectivity index (χ2n) is 5.15. The van der Waals surface area contributed by atoms with Gasteiger partial charge in [0.2, 0.25) is 5.95 Å². The van der Waals surface area contributed by atoms with Crippen LogP contribution in [-0.4, -0.2) is 34.3 Å². The van der Waals surface area contributed by atoms with Gasteiger partial charge in [-0.3, -0.25) is 0 Å². The van der Waals surface area contributed by atoms with Crippen LogP contribution in [0.25, 0.3) is 10.9 Å². The summed E-state index contributed by atoms with van der Waals surface area (Å²) in [5.74, 6) is 1.37. The van der Waals surface area contributed by atoms with Crippen molar-refractivity contribution in [1.29, 1.82) is 0 Å². The molecule has 0 unspecified atom stereocenters. The molecule has 5 nitrogen and oxygen atoms in total. The first-order valence-corrected chi connectivity index (χ1v) is 6.39. The third kappa shape index (κ3) is 3.12. The maximum atomic E-state index is 9.11. The summed E-state index contributed by atoms with van der Waals surface area (Å²) < 4.78 is 0. The van der Waals surface area contributed by atoms with Crippen molar-refractivity contribution in [3.05, 3.63) is 24.3 Å². The van der Waals surface area contributed by atoms with E-state index in [1.54, 1.807) is 7.05 Å². The van der Waals surface area contributed by atoms with E-state index >= 15 is 0 Å². The number of para-hydroxylation sites is 1. The summed E-state index contributed by atoms with van der Waals surface area (Å²) in [6.45, 7) is 4.22. The van der Waals surface area contributed by atoms with E-state index in [0.29, 0.717) is 12.4 Å². The Kier molecular flexibility index (Phi) is 3.85. The molecule has 0 fully saturated rings. The Labute approximate surface area is 113 Å². The average molecular weight is 260 g/mol. The topological polar surface area (TPSA) is 70.1 Å². The van der Waals surface area contributed by atoms with Crippen molar-refractivity contribution in [3.63, 3.8) is 0 Å². The van der Waals surface area contributed by atoms with Gasteiger partial charge < -0.3 is 15.7 Å². The summed E-state index contributed by atoms with van der Waals surface area (Å²) >= 11 is 0. The molecule has 0 radical (unpaired) electrons. The molecule has 102 valence electrons. The Morgan fingerprint density at radius 3 is 2.63 bits per heavy atom. The van der Waals surface area contributed by atoms with E-state index in [9.17, 15) is 0 Å². The zero-order valence-electron chi connectivity index (χ0n) is 11.6. The fourth-order valence-electron chi connectivity index (χ4n) is 1.95. The molecule has 1 heterocycles. The minimum Gasteiger partial charge on any atom is -0.396 e. The number of aliphatic hydroxyl groups excluding tert-OH is 1. The molecule has 0 aliphatic carbocycles. The predicted octanol–water partition coefficient (Wildman–Crippen LogP) is 2.24. The number of aromatic nitrogens is 2. The summed E-state index contributed by atoms with van der Waals surface area (Å²) in [4.78, 5) is 8.89. The summed E-state index contributed by atoms with van der Waals surface area (Å²) in [6, 6.07) is 7.88. The first-order valence-electron chi connectivity index (χ1n) is 6.39. The van der Waals surface area contributed by atoms with Gasteiger partial charge in [0.1, 0.15) is 5.82 Å². The lowest BCUT2D eigenvalue weighted by Crippen LogP contribution is -2.32. The molecule has 19 heavy (non-hydrogen) atoms. The minimum atomic E-state index is -0.225. The molecule has 2 aromatic rings. The van der Waals surface area contributed by atoms with E-state index in [0.717, 1.165) is 16.7 Å². The van der Waals surface area contributed by atoms with Crippen LogP contribution in [0, 0.1) is 0 Å². The molecule has 0 aliphatic rings. The van der Waals surface area contributed by atoms with E-state index in [1.807, 2.05) is 38.1 Å². The largest absolute Gasteiger partial charge is 0.396 e. The number of benzene rings is 1. The molecular formula is C14H20N4O. The fraction of sp³-hybridized carbons (Fsp3) is 0.429. The smallest absolute Gasteiger partial charge is 0.224 e. The quantitative estimate of drug-likeness (QED) is 0.769. The summed E-state index contributed by atoms with van der Waals surface area (Å²) in [7, 11) is 1.80. The summed E-state index contributed by atoms with van der Waals surface area (Å²) in [5.41, 5.74) is 0.667. The zero-order valence-corrected chi connectivity index (χ0v) is 11.6. The number of anilines is 2. The SMILES string of the molecule is CNc1nc(NC(C)(C)CCO)c2ccccc2n1. The van der Waals surface area contributed by atoms with E-state index in [1.165, 1.54) is 0 Å². The molecular weight excluding hydrogens is 240 g/mol. The van der Waals surface area contributed by atoms with Crippen LogP contribution < -0.4 is 10.6 Å². The van der Waals surface area contributed by atoms with Gasteiger partial charge in [0, 0.05) is 24.6 Å². The number of hydrogen-bond acceptors (Lipinski definition) is 5. The van der Waals surface area contributed by atoms with Crippen LogP contribution in [0.1, 0.15) is 20.3 Å². The molecule has 1 aromatic carbocycles. The number of rotatable bonds is 5. The van der Waals surface area contributed by atoms with Gasteiger partial charge in [0.15, 0.2) is 0 Å². The Hall–Kier alpha value is -1.88. The van der Waals surface area contributed by atoms with Crippen molar-refractivity contribution in [2.75, 3.05) is 24.3 Å². The van der Waals surface area contributed by atoms with Crippen molar-refractivity contribution >= 4 is 22.7 Å². The van der Waals surface area contributed by atoms with Gasteiger partial charge in [-0.25, -0.2) is 4.98 Å². The van der Waals surface area contributed by atoms with Crippen molar-refractivity contribution in [2.45, 2.75) is 25.8 Å². The highest BCUT2D eigenvalue weighted by molar-refractivity contribution is 5.90. The van der Waals surface area contributed by atoms with Gasteiger partial charge in [0.05, 0.1) is 5.52 Å². The van der Waals surface area contributed by atoms with E-state index in [-0.39, 0.29) is 12.1 Å². The lowest BCUT2D eigenvalue weighted by Gasteiger charge is -2.26. The molecule has 0 aliphatic heterocycles. The molecule has 0 amide bonds. The molecule has 0 spiro atoms. The second kappa shape index (κ2) is 5.40. The van der Waals surface area contributed by atoms with Gasteiger partial charge in [-0.1, -0.05) is 12.1 Å². The third-order valence-electron chi connectivity index (χ3n) is 3.02. The van der Waals surface area contributed by atoms with Gasteiger partial charge in [0.25, 0.3) is 0 Å². The Morgan fingerprint density at radius 1 is 1.21 bits per heavy atom.